The highest BCUT2D eigenvalue weighted by atomic mass is 79.9. The van der Waals surface area contributed by atoms with E-state index in [9.17, 15) is 4.79 Å². The van der Waals surface area contributed by atoms with Crippen LogP contribution in [-0.2, 0) is 11.3 Å². The molecule has 0 radical (unpaired) electrons. The summed E-state index contributed by atoms with van der Waals surface area (Å²) in [5, 5.41) is 8.72. The number of hydrogen-bond acceptors (Lipinski definition) is 4. The minimum Gasteiger partial charge on any atom is -0.480 e. The van der Waals surface area contributed by atoms with Crippen molar-refractivity contribution in [1.82, 2.24) is 14.8 Å². The predicted octanol–water partition coefficient (Wildman–Crippen LogP) is 1.05. The average molecular weight is 314 g/mol. The molecule has 0 amide bonds. The summed E-state index contributed by atoms with van der Waals surface area (Å²) < 4.78 is 0.984. The van der Waals surface area contributed by atoms with Gasteiger partial charge in [0.15, 0.2) is 0 Å². The number of hydrogen-bond donors (Lipinski definition) is 1. The molecule has 1 saturated heterocycles. The van der Waals surface area contributed by atoms with Gasteiger partial charge in [0.2, 0.25) is 0 Å². The standard InChI is InChI=1S/C12H16BrN3O2/c13-10-1-2-11(14-7-10)8-15-3-5-16(6-4-15)9-12(17)18/h1-2,7H,3-6,8-9H2,(H,17,18). The number of carboxylic acids is 1. The number of aromatic nitrogens is 1. The normalized spacial score (nSPS) is 17.8. The molecule has 98 valence electrons. The molecule has 0 unspecified atom stereocenters. The molecule has 0 saturated carbocycles. The van der Waals surface area contributed by atoms with Crippen LogP contribution in [0.2, 0.25) is 0 Å². The lowest BCUT2D eigenvalue weighted by Crippen LogP contribution is -2.47. The maximum Gasteiger partial charge on any atom is 0.317 e. The van der Waals surface area contributed by atoms with E-state index in [0.29, 0.717) is 0 Å². The minimum absolute atomic E-state index is 0.143. The van der Waals surface area contributed by atoms with Crippen molar-refractivity contribution in [2.75, 3.05) is 32.7 Å². The Morgan fingerprint density at radius 3 is 2.50 bits per heavy atom. The average Bonchev–Trinajstić information content (AvgIpc) is 2.34. The number of nitrogens with zero attached hydrogens (tertiary/aromatic N) is 3. The molecule has 5 nitrogen and oxygen atoms in total. The van der Waals surface area contributed by atoms with Gasteiger partial charge in [0.05, 0.1) is 12.2 Å². The van der Waals surface area contributed by atoms with Crippen molar-refractivity contribution in [3.63, 3.8) is 0 Å². The zero-order valence-corrected chi connectivity index (χ0v) is 11.6. The number of carboxylic acid groups (broad SMARTS) is 1. The van der Waals surface area contributed by atoms with E-state index >= 15 is 0 Å². The van der Waals surface area contributed by atoms with Gasteiger partial charge in [-0.3, -0.25) is 19.6 Å². The highest BCUT2D eigenvalue weighted by Crippen LogP contribution is 2.10. The second-order valence-corrected chi connectivity index (χ2v) is 5.33. The molecule has 0 aliphatic carbocycles. The summed E-state index contributed by atoms with van der Waals surface area (Å²) in [6, 6.07) is 4.00. The molecule has 1 aromatic heterocycles. The molecule has 1 aliphatic heterocycles. The first-order valence-corrected chi connectivity index (χ1v) is 6.70. The summed E-state index contributed by atoms with van der Waals surface area (Å²) in [7, 11) is 0. The number of carbonyl (C=O) groups is 1. The summed E-state index contributed by atoms with van der Waals surface area (Å²) in [6.07, 6.45) is 1.80. The van der Waals surface area contributed by atoms with E-state index in [1.54, 1.807) is 6.20 Å². The van der Waals surface area contributed by atoms with Crippen LogP contribution >= 0.6 is 15.9 Å². The Balaban J connectivity index is 1.79. The number of halogens is 1. The number of rotatable bonds is 4. The summed E-state index contributed by atoms with van der Waals surface area (Å²) in [6.45, 7) is 4.38. The Morgan fingerprint density at radius 1 is 1.28 bits per heavy atom. The topological polar surface area (TPSA) is 56.7 Å². The zero-order valence-electron chi connectivity index (χ0n) is 10.0. The van der Waals surface area contributed by atoms with Crippen molar-refractivity contribution >= 4 is 21.9 Å². The van der Waals surface area contributed by atoms with Crippen molar-refractivity contribution in [3.05, 3.63) is 28.5 Å². The van der Waals surface area contributed by atoms with Crippen molar-refractivity contribution in [2.45, 2.75) is 6.54 Å². The Hall–Kier alpha value is -0.980. The zero-order chi connectivity index (χ0) is 13.0. The Morgan fingerprint density at radius 2 is 1.94 bits per heavy atom. The third-order valence-electron chi connectivity index (χ3n) is 3.00. The number of piperazine rings is 1. The molecule has 0 spiro atoms. The van der Waals surface area contributed by atoms with Crippen LogP contribution < -0.4 is 0 Å². The SMILES string of the molecule is O=C(O)CN1CCN(Cc2ccc(Br)cn2)CC1. The van der Waals surface area contributed by atoms with E-state index in [4.69, 9.17) is 5.11 Å². The lowest BCUT2D eigenvalue weighted by Gasteiger charge is -2.33. The second-order valence-electron chi connectivity index (χ2n) is 4.41. The highest BCUT2D eigenvalue weighted by molar-refractivity contribution is 9.10. The summed E-state index contributed by atoms with van der Waals surface area (Å²) >= 11 is 3.36. The largest absolute Gasteiger partial charge is 0.480 e. The third-order valence-corrected chi connectivity index (χ3v) is 3.47. The lowest BCUT2D eigenvalue weighted by atomic mass is 10.2. The molecule has 6 heteroatoms. The van der Waals surface area contributed by atoms with Crippen molar-refractivity contribution in [2.24, 2.45) is 0 Å². The molecule has 1 fully saturated rings. The van der Waals surface area contributed by atoms with Crippen LogP contribution in [0.25, 0.3) is 0 Å². The van der Waals surface area contributed by atoms with Gasteiger partial charge in [-0.05, 0) is 28.1 Å². The molecule has 1 aromatic rings. The maximum atomic E-state index is 10.6. The van der Waals surface area contributed by atoms with Crippen LogP contribution in [-0.4, -0.2) is 58.6 Å². The molecular weight excluding hydrogens is 298 g/mol. The minimum atomic E-state index is -0.752. The Kier molecular flexibility index (Phi) is 4.68. The van der Waals surface area contributed by atoms with Gasteiger partial charge in [-0.1, -0.05) is 0 Å². The summed E-state index contributed by atoms with van der Waals surface area (Å²) in [5.74, 6) is -0.752. The van der Waals surface area contributed by atoms with Crippen molar-refractivity contribution in [3.8, 4) is 0 Å². The molecular formula is C12H16BrN3O2. The molecule has 1 N–H and O–H groups in total. The van der Waals surface area contributed by atoms with E-state index < -0.39 is 5.97 Å². The van der Waals surface area contributed by atoms with Crippen LogP contribution in [0.1, 0.15) is 5.69 Å². The molecule has 0 atom stereocenters. The fourth-order valence-corrected chi connectivity index (χ4v) is 2.26. The van der Waals surface area contributed by atoms with E-state index in [1.807, 2.05) is 17.0 Å². The van der Waals surface area contributed by atoms with Gasteiger partial charge in [-0.15, -0.1) is 0 Å². The Bertz CT molecular complexity index is 402. The fraction of sp³-hybridized carbons (Fsp3) is 0.500. The number of pyridine rings is 1. The van der Waals surface area contributed by atoms with Gasteiger partial charge in [-0.2, -0.15) is 0 Å². The monoisotopic (exact) mass is 313 g/mol. The van der Waals surface area contributed by atoms with Gasteiger partial charge in [0, 0.05) is 43.4 Å². The van der Waals surface area contributed by atoms with Gasteiger partial charge in [-0.25, -0.2) is 0 Å². The van der Waals surface area contributed by atoms with Crippen molar-refractivity contribution in [1.29, 1.82) is 0 Å². The first-order valence-electron chi connectivity index (χ1n) is 5.90. The van der Waals surface area contributed by atoms with E-state index in [-0.39, 0.29) is 6.54 Å². The molecule has 0 bridgehead atoms. The van der Waals surface area contributed by atoms with E-state index in [2.05, 4.69) is 25.8 Å². The molecule has 18 heavy (non-hydrogen) atoms. The van der Waals surface area contributed by atoms with Gasteiger partial charge in [0.1, 0.15) is 0 Å². The summed E-state index contributed by atoms with van der Waals surface area (Å²) in [5.41, 5.74) is 1.05. The smallest absolute Gasteiger partial charge is 0.317 e. The van der Waals surface area contributed by atoms with Gasteiger partial charge in [0.25, 0.3) is 0 Å². The molecule has 1 aliphatic rings. The Labute approximate surface area is 115 Å². The first kappa shape index (κ1) is 13.5. The van der Waals surface area contributed by atoms with E-state index in [1.165, 1.54) is 0 Å². The van der Waals surface area contributed by atoms with Crippen LogP contribution in [0.5, 0.6) is 0 Å². The van der Waals surface area contributed by atoms with Crippen LogP contribution in [0.4, 0.5) is 0 Å². The molecule has 0 aromatic carbocycles. The number of aliphatic carboxylic acids is 1. The van der Waals surface area contributed by atoms with Gasteiger partial charge < -0.3 is 5.11 Å². The first-order chi connectivity index (χ1) is 8.63. The maximum absolute atomic E-state index is 10.6. The third kappa shape index (κ3) is 4.04. The second kappa shape index (κ2) is 6.26. The molecule has 2 rings (SSSR count). The summed E-state index contributed by atoms with van der Waals surface area (Å²) in [4.78, 5) is 19.2. The van der Waals surface area contributed by atoms with Crippen LogP contribution in [0.15, 0.2) is 22.8 Å². The van der Waals surface area contributed by atoms with Crippen LogP contribution in [0.3, 0.4) is 0 Å². The predicted molar refractivity (Wildman–Crippen MR) is 71.3 cm³/mol. The van der Waals surface area contributed by atoms with E-state index in [0.717, 1.165) is 42.9 Å². The van der Waals surface area contributed by atoms with Crippen LogP contribution in [0, 0.1) is 0 Å². The van der Waals surface area contributed by atoms with Gasteiger partial charge >= 0.3 is 5.97 Å². The lowest BCUT2D eigenvalue weighted by molar-refractivity contribution is -0.138. The quantitative estimate of drug-likeness (QED) is 0.900. The molecule has 2 heterocycles. The van der Waals surface area contributed by atoms with Crippen molar-refractivity contribution < 1.29 is 9.90 Å². The highest BCUT2D eigenvalue weighted by Gasteiger charge is 2.18. The fourth-order valence-electron chi connectivity index (χ4n) is 2.03.